The van der Waals surface area contributed by atoms with Crippen LogP contribution in [0.15, 0.2) is 42.5 Å². The highest BCUT2D eigenvalue weighted by Crippen LogP contribution is 2.29. The van der Waals surface area contributed by atoms with Crippen LogP contribution in [0.25, 0.3) is 0 Å². The van der Waals surface area contributed by atoms with Crippen molar-refractivity contribution in [3.05, 3.63) is 64.7 Å². The molecule has 0 fully saturated rings. The van der Waals surface area contributed by atoms with Crippen LogP contribution < -0.4 is 5.32 Å². The minimum atomic E-state index is -4.46. The van der Waals surface area contributed by atoms with Gasteiger partial charge in [-0.05, 0) is 55.3 Å². The van der Waals surface area contributed by atoms with Gasteiger partial charge in [0.1, 0.15) is 0 Å². The number of hydrogen-bond acceptors (Lipinski definition) is 1. The van der Waals surface area contributed by atoms with E-state index in [9.17, 15) is 18.0 Å². The van der Waals surface area contributed by atoms with Gasteiger partial charge in [0.15, 0.2) is 0 Å². The van der Waals surface area contributed by atoms with Crippen LogP contribution in [0, 0.1) is 13.8 Å². The van der Waals surface area contributed by atoms with Gasteiger partial charge in [-0.1, -0.05) is 32.4 Å². The van der Waals surface area contributed by atoms with E-state index in [0.29, 0.717) is 5.69 Å². The van der Waals surface area contributed by atoms with Crippen LogP contribution in [0.3, 0.4) is 0 Å². The zero-order valence-electron chi connectivity index (χ0n) is 14.3. The fourth-order valence-corrected chi connectivity index (χ4v) is 1.86. The first-order chi connectivity index (χ1) is 11.2. The second kappa shape index (κ2) is 8.52. The predicted octanol–water partition coefficient (Wildman–Crippen LogP) is 5.99. The number of hydrogen-bond donors (Lipinski definition) is 1. The van der Waals surface area contributed by atoms with E-state index in [1.165, 1.54) is 18.6 Å². The number of rotatable bonds is 2. The van der Waals surface area contributed by atoms with E-state index < -0.39 is 17.6 Å². The van der Waals surface area contributed by atoms with Crippen LogP contribution in [0.1, 0.15) is 47.3 Å². The maximum absolute atomic E-state index is 12.6. The molecular formula is C19H22F3NO. The Morgan fingerprint density at radius 2 is 1.62 bits per heavy atom. The molecule has 0 bridgehead atoms. The van der Waals surface area contributed by atoms with Crippen LogP contribution in [-0.4, -0.2) is 5.91 Å². The Hall–Kier alpha value is -2.30. The maximum atomic E-state index is 12.6. The predicted molar refractivity (Wildman–Crippen MR) is 91.3 cm³/mol. The van der Waals surface area contributed by atoms with Gasteiger partial charge in [0.2, 0.25) is 0 Å². The lowest BCUT2D eigenvalue weighted by molar-refractivity contribution is -0.137. The van der Waals surface area contributed by atoms with Gasteiger partial charge in [0.25, 0.3) is 5.91 Å². The smallest absolute Gasteiger partial charge is 0.322 e. The Balaban J connectivity index is 0.000000891. The molecule has 0 saturated heterocycles. The van der Waals surface area contributed by atoms with Gasteiger partial charge in [0.05, 0.1) is 5.56 Å². The van der Waals surface area contributed by atoms with Gasteiger partial charge in [0, 0.05) is 11.3 Å². The molecule has 2 nitrogen and oxygen atoms in total. The number of benzene rings is 2. The third-order valence-electron chi connectivity index (χ3n) is 3.22. The number of alkyl halides is 3. The minimum Gasteiger partial charge on any atom is -0.322 e. The highest BCUT2D eigenvalue weighted by Gasteiger charge is 2.30. The van der Waals surface area contributed by atoms with Crippen molar-refractivity contribution < 1.29 is 18.0 Å². The number of carbonyl (C=O) groups excluding carboxylic acids is 1. The number of anilines is 1. The average Bonchev–Trinajstić information content (AvgIpc) is 2.51. The third kappa shape index (κ3) is 5.72. The van der Waals surface area contributed by atoms with E-state index >= 15 is 0 Å². The minimum absolute atomic E-state index is 0.0250. The van der Waals surface area contributed by atoms with E-state index in [1.54, 1.807) is 12.1 Å². The van der Waals surface area contributed by atoms with Crippen molar-refractivity contribution >= 4 is 11.6 Å². The zero-order chi connectivity index (χ0) is 18.3. The average molecular weight is 337 g/mol. The fraction of sp³-hybridized carbons (Fsp3) is 0.316. The number of halogens is 3. The molecule has 2 rings (SSSR count). The summed E-state index contributed by atoms with van der Waals surface area (Å²) in [5, 5.41) is 2.60. The Labute approximate surface area is 140 Å². The molecule has 0 unspecified atom stereocenters. The normalized spacial score (nSPS) is 10.6. The van der Waals surface area contributed by atoms with Crippen LogP contribution in [-0.2, 0) is 6.18 Å². The number of carbonyl (C=O) groups is 1. The summed E-state index contributed by atoms with van der Waals surface area (Å²) in [6.07, 6.45) is -3.21. The lowest BCUT2D eigenvalue weighted by Crippen LogP contribution is -2.14. The molecule has 0 aromatic heterocycles. The molecule has 0 atom stereocenters. The Morgan fingerprint density at radius 1 is 1.00 bits per heavy atom. The quantitative estimate of drug-likeness (QED) is 0.716. The zero-order valence-corrected chi connectivity index (χ0v) is 14.3. The third-order valence-corrected chi connectivity index (χ3v) is 3.22. The van der Waals surface area contributed by atoms with Crippen LogP contribution in [0.4, 0.5) is 18.9 Å². The summed E-state index contributed by atoms with van der Waals surface area (Å²) in [6, 6.07) is 9.69. The molecule has 0 aliphatic carbocycles. The first-order valence-corrected chi connectivity index (χ1v) is 7.74. The van der Waals surface area contributed by atoms with Crippen LogP contribution in [0.5, 0.6) is 0 Å². The SMILES string of the molecule is CCC.Cc1ccc(NC(=O)c2cccc(C(F)(F)F)c2)cc1C. The summed E-state index contributed by atoms with van der Waals surface area (Å²) in [5.74, 6) is -0.565. The molecule has 2 aromatic rings. The first kappa shape index (κ1) is 19.7. The topological polar surface area (TPSA) is 29.1 Å². The molecule has 1 N–H and O–H groups in total. The number of aryl methyl sites for hydroxylation is 2. The lowest BCUT2D eigenvalue weighted by atomic mass is 10.1. The largest absolute Gasteiger partial charge is 0.416 e. The van der Waals surface area contributed by atoms with Gasteiger partial charge in [-0.25, -0.2) is 0 Å². The van der Waals surface area contributed by atoms with Gasteiger partial charge < -0.3 is 5.32 Å². The van der Waals surface area contributed by atoms with Crippen molar-refractivity contribution in [3.8, 4) is 0 Å². The molecule has 0 aliphatic rings. The van der Waals surface area contributed by atoms with Crippen molar-refractivity contribution in [3.63, 3.8) is 0 Å². The van der Waals surface area contributed by atoms with Gasteiger partial charge >= 0.3 is 6.18 Å². The second-order valence-corrected chi connectivity index (χ2v) is 5.54. The molecule has 1 amide bonds. The summed E-state index contributed by atoms with van der Waals surface area (Å²) in [6.45, 7) is 8.09. The summed E-state index contributed by atoms with van der Waals surface area (Å²) < 4.78 is 37.9. The van der Waals surface area contributed by atoms with Gasteiger partial charge in [-0.2, -0.15) is 13.2 Å². The molecule has 0 radical (unpaired) electrons. The summed E-state index contributed by atoms with van der Waals surface area (Å²) in [5.41, 5.74) is 1.77. The van der Waals surface area contributed by atoms with Crippen molar-refractivity contribution in [1.29, 1.82) is 0 Å². The standard InChI is InChI=1S/C16H14F3NO.C3H8/c1-10-6-7-14(8-11(10)2)20-15(21)12-4-3-5-13(9-12)16(17,18)19;1-3-2/h3-9H,1-2H3,(H,20,21);3H2,1-2H3. The number of amides is 1. The number of nitrogens with one attached hydrogen (secondary N) is 1. The summed E-state index contributed by atoms with van der Waals surface area (Å²) in [7, 11) is 0. The molecule has 24 heavy (non-hydrogen) atoms. The molecule has 0 saturated carbocycles. The van der Waals surface area contributed by atoms with E-state index in [2.05, 4.69) is 19.2 Å². The second-order valence-electron chi connectivity index (χ2n) is 5.54. The van der Waals surface area contributed by atoms with E-state index in [1.807, 2.05) is 19.9 Å². The first-order valence-electron chi connectivity index (χ1n) is 7.74. The molecule has 0 aliphatic heterocycles. The highest BCUT2D eigenvalue weighted by molar-refractivity contribution is 6.04. The highest BCUT2D eigenvalue weighted by atomic mass is 19.4. The molecule has 0 spiro atoms. The molecular weight excluding hydrogens is 315 g/mol. The van der Waals surface area contributed by atoms with Crippen molar-refractivity contribution in [1.82, 2.24) is 0 Å². The van der Waals surface area contributed by atoms with Crippen LogP contribution in [0.2, 0.25) is 0 Å². The molecule has 0 heterocycles. The summed E-state index contributed by atoms with van der Waals surface area (Å²) >= 11 is 0. The van der Waals surface area contributed by atoms with E-state index in [4.69, 9.17) is 0 Å². The van der Waals surface area contributed by atoms with Crippen molar-refractivity contribution in [2.75, 3.05) is 5.32 Å². The van der Waals surface area contributed by atoms with E-state index in [-0.39, 0.29) is 5.56 Å². The van der Waals surface area contributed by atoms with Gasteiger partial charge in [-0.3, -0.25) is 4.79 Å². The summed E-state index contributed by atoms with van der Waals surface area (Å²) in [4.78, 5) is 12.0. The maximum Gasteiger partial charge on any atom is 0.416 e. The Bertz CT molecular complexity index is 693. The van der Waals surface area contributed by atoms with Crippen molar-refractivity contribution in [2.24, 2.45) is 0 Å². The molecule has 5 heteroatoms. The lowest BCUT2D eigenvalue weighted by Gasteiger charge is -2.10. The molecule has 130 valence electrons. The van der Waals surface area contributed by atoms with Crippen molar-refractivity contribution in [2.45, 2.75) is 40.3 Å². The Kier molecular flexibility index (Phi) is 7.01. The fourth-order valence-electron chi connectivity index (χ4n) is 1.86. The van der Waals surface area contributed by atoms with Gasteiger partial charge in [-0.15, -0.1) is 0 Å². The monoisotopic (exact) mass is 337 g/mol. The van der Waals surface area contributed by atoms with Crippen LogP contribution >= 0.6 is 0 Å². The van der Waals surface area contributed by atoms with E-state index in [0.717, 1.165) is 23.3 Å². The molecule has 2 aromatic carbocycles. The Morgan fingerprint density at radius 3 is 2.17 bits per heavy atom.